The summed E-state index contributed by atoms with van der Waals surface area (Å²) in [5.41, 5.74) is 1.21. The number of benzene rings is 1. The van der Waals surface area contributed by atoms with E-state index in [1.165, 1.54) is 12.7 Å². The van der Waals surface area contributed by atoms with Crippen LogP contribution in [0.2, 0.25) is 0 Å². The second kappa shape index (κ2) is 9.26. The van der Waals surface area contributed by atoms with Gasteiger partial charge in [0.1, 0.15) is 0 Å². The highest BCUT2D eigenvalue weighted by Gasteiger charge is 2.21. The lowest BCUT2D eigenvalue weighted by Gasteiger charge is -2.29. The lowest BCUT2D eigenvalue weighted by Crippen LogP contribution is -2.37. The maximum absolute atomic E-state index is 11.4. The fraction of sp³-hybridized carbons (Fsp3) is 0.500. The maximum atomic E-state index is 11.4. The number of ether oxygens (including phenoxy) is 2. The summed E-state index contributed by atoms with van der Waals surface area (Å²) in [5.74, 6) is 0.565. The van der Waals surface area contributed by atoms with Crippen molar-refractivity contribution in [3.8, 4) is 0 Å². The summed E-state index contributed by atoms with van der Waals surface area (Å²) in [6.45, 7) is 2.98. The summed E-state index contributed by atoms with van der Waals surface area (Å²) in [7, 11) is 1.43. The van der Waals surface area contributed by atoms with Gasteiger partial charge in [-0.05, 0) is 30.7 Å². The zero-order valence-electron chi connectivity index (χ0n) is 13.2. The molecule has 1 fully saturated rings. The average molecular weight is 303 g/mol. The third-order valence-corrected chi connectivity index (χ3v) is 3.92. The van der Waals surface area contributed by atoms with Crippen molar-refractivity contribution in [1.29, 1.82) is 0 Å². The first-order valence-corrected chi connectivity index (χ1v) is 7.91. The SMILES string of the molecule is COC(=O)N1CCC(/C=C\CCOCc2ccccc2)CC1. The van der Waals surface area contributed by atoms with Crippen molar-refractivity contribution >= 4 is 6.09 Å². The van der Waals surface area contributed by atoms with Gasteiger partial charge in [-0.25, -0.2) is 4.79 Å². The third kappa shape index (κ3) is 5.53. The van der Waals surface area contributed by atoms with Crippen LogP contribution in [-0.2, 0) is 16.1 Å². The Morgan fingerprint density at radius 3 is 2.68 bits per heavy atom. The Labute approximate surface area is 132 Å². The lowest BCUT2D eigenvalue weighted by molar-refractivity contribution is 0.110. The van der Waals surface area contributed by atoms with Crippen LogP contribution >= 0.6 is 0 Å². The second-order valence-electron chi connectivity index (χ2n) is 5.55. The van der Waals surface area contributed by atoms with Crippen molar-refractivity contribution in [2.24, 2.45) is 5.92 Å². The van der Waals surface area contributed by atoms with E-state index in [0.717, 1.165) is 39.0 Å². The molecule has 1 aromatic carbocycles. The summed E-state index contributed by atoms with van der Waals surface area (Å²) in [6, 6.07) is 10.2. The molecule has 0 radical (unpaired) electrons. The summed E-state index contributed by atoms with van der Waals surface area (Å²) >= 11 is 0. The van der Waals surface area contributed by atoms with E-state index in [1.54, 1.807) is 4.90 Å². The number of rotatable bonds is 6. The van der Waals surface area contributed by atoms with Gasteiger partial charge >= 0.3 is 6.09 Å². The lowest BCUT2D eigenvalue weighted by atomic mass is 9.96. The van der Waals surface area contributed by atoms with E-state index < -0.39 is 0 Å². The van der Waals surface area contributed by atoms with Crippen LogP contribution in [0.4, 0.5) is 4.79 Å². The molecule has 0 spiro atoms. The molecule has 2 rings (SSSR count). The molecule has 1 amide bonds. The Morgan fingerprint density at radius 2 is 2.00 bits per heavy atom. The van der Waals surface area contributed by atoms with Crippen LogP contribution in [0, 0.1) is 5.92 Å². The van der Waals surface area contributed by atoms with Crippen molar-refractivity contribution in [3.63, 3.8) is 0 Å². The van der Waals surface area contributed by atoms with Crippen LogP contribution in [0.25, 0.3) is 0 Å². The van der Waals surface area contributed by atoms with Gasteiger partial charge in [0.2, 0.25) is 0 Å². The van der Waals surface area contributed by atoms with Gasteiger partial charge in [0.25, 0.3) is 0 Å². The maximum Gasteiger partial charge on any atom is 0.409 e. The Bertz CT molecular complexity index is 464. The van der Waals surface area contributed by atoms with Crippen LogP contribution in [0.5, 0.6) is 0 Å². The predicted molar refractivity (Wildman–Crippen MR) is 86.6 cm³/mol. The van der Waals surface area contributed by atoms with Crippen LogP contribution in [0.15, 0.2) is 42.5 Å². The second-order valence-corrected chi connectivity index (χ2v) is 5.55. The fourth-order valence-corrected chi connectivity index (χ4v) is 2.61. The van der Waals surface area contributed by atoms with Gasteiger partial charge in [-0.15, -0.1) is 0 Å². The molecule has 120 valence electrons. The molecule has 1 aromatic rings. The first kappa shape index (κ1) is 16.6. The molecule has 0 saturated carbocycles. The molecule has 1 aliphatic heterocycles. The fourth-order valence-electron chi connectivity index (χ4n) is 2.61. The van der Waals surface area contributed by atoms with E-state index in [-0.39, 0.29) is 6.09 Å². The normalized spacial score (nSPS) is 16.1. The largest absolute Gasteiger partial charge is 0.453 e. The molecular weight excluding hydrogens is 278 g/mol. The first-order valence-electron chi connectivity index (χ1n) is 7.91. The topological polar surface area (TPSA) is 38.8 Å². The number of carbonyl (C=O) groups is 1. The van der Waals surface area contributed by atoms with Gasteiger partial charge in [-0.3, -0.25) is 0 Å². The van der Waals surface area contributed by atoms with E-state index in [1.807, 2.05) is 18.2 Å². The van der Waals surface area contributed by atoms with Crippen molar-refractivity contribution in [2.75, 3.05) is 26.8 Å². The van der Waals surface area contributed by atoms with Gasteiger partial charge in [-0.2, -0.15) is 0 Å². The Balaban J connectivity index is 1.56. The van der Waals surface area contributed by atoms with E-state index in [4.69, 9.17) is 9.47 Å². The van der Waals surface area contributed by atoms with Gasteiger partial charge in [0.15, 0.2) is 0 Å². The molecule has 0 unspecified atom stereocenters. The molecule has 0 bridgehead atoms. The number of carbonyl (C=O) groups excluding carboxylic acids is 1. The van der Waals surface area contributed by atoms with Crippen molar-refractivity contribution in [1.82, 2.24) is 4.90 Å². The molecule has 22 heavy (non-hydrogen) atoms. The standard InChI is InChI=1S/C18H25NO3/c1-21-18(20)19-12-10-16(11-13-19)7-5-6-14-22-15-17-8-3-2-4-9-17/h2-5,7-9,16H,6,10-15H2,1H3/b7-5-. The molecule has 0 atom stereocenters. The quantitative estimate of drug-likeness (QED) is 0.595. The third-order valence-electron chi connectivity index (χ3n) is 3.92. The molecule has 0 aromatic heterocycles. The number of methoxy groups -OCH3 is 1. The number of hydrogen-bond donors (Lipinski definition) is 0. The minimum atomic E-state index is -0.211. The van der Waals surface area contributed by atoms with Crippen molar-refractivity contribution in [2.45, 2.75) is 25.9 Å². The van der Waals surface area contributed by atoms with Crippen LogP contribution in [0.1, 0.15) is 24.8 Å². The van der Waals surface area contributed by atoms with E-state index in [9.17, 15) is 4.79 Å². The predicted octanol–water partition coefficient (Wildman–Crippen LogP) is 3.63. The smallest absolute Gasteiger partial charge is 0.409 e. The van der Waals surface area contributed by atoms with Gasteiger partial charge < -0.3 is 14.4 Å². The highest BCUT2D eigenvalue weighted by molar-refractivity contribution is 5.67. The number of likely N-dealkylation sites (tertiary alicyclic amines) is 1. The summed E-state index contributed by atoms with van der Waals surface area (Å²) in [6.07, 6.45) is 7.21. The number of nitrogens with zero attached hydrogens (tertiary/aromatic N) is 1. The zero-order chi connectivity index (χ0) is 15.6. The van der Waals surface area contributed by atoms with Gasteiger partial charge in [0, 0.05) is 13.1 Å². The Morgan fingerprint density at radius 1 is 1.27 bits per heavy atom. The molecule has 1 saturated heterocycles. The van der Waals surface area contributed by atoms with Crippen LogP contribution < -0.4 is 0 Å². The van der Waals surface area contributed by atoms with Gasteiger partial charge in [-0.1, -0.05) is 42.5 Å². The first-order chi connectivity index (χ1) is 10.8. The number of amides is 1. The average Bonchev–Trinajstić information content (AvgIpc) is 2.58. The molecular formula is C18H25NO3. The minimum absolute atomic E-state index is 0.211. The Hall–Kier alpha value is -1.81. The summed E-state index contributed by atoms with van der Waals surface area (Å²) in [4.78, 5) is 13.2. The Kier molecular flexibility index (Phi) is 6.97. The molecule has 4 nitrogen and oxygen atoms in total. The van der Waals surface area contributed by atoms with Crippen molar-refractivity contribution in [3.05, 3.63) is 48.0 Å². The summed E-state index contributed by atoms with van der Waals surface area (Å²) < 4.78 is 10.4. The highest BCUT2D eigenvalue weighted by Crippen LogP contribution is 2.19. The molecule has 1 heterocycles. The summed E-state index contributed by atoms with van der Waals surface area (Å²) in [5, 5.41) is 0. The monoisotopic (exact) mass is 303 g/mol. The number of hydrogen-bond acceptors (Lipinski definition) is 3. The highest BCUT2D eigenvalue weighted by atomic mass is 16.5. The zero-order valence-corrected chi connectivity index (χ0v) is 13.2. The van der Waals surface area contributed by atoms with E-state index in [2.05, 4.69) is 24.3 Å². The van der Waals surface area contributed by atoms with Crippen LogP contribution in [-0.4, -0.2) is 37.8 Å². The number of piperidine rings is 1. The molecule has 1 aliphatic rings. The molecule has 4 heteroatoms. The minimum Gasteiger partial charge on any atom is -0.453 e. The molecule has 0 N–H and O–H groups in total. The van der Waals surface area contributed by atoms with Crippen molar-refractivity contribution < 1.29 is 14.3 Å². The van der Waals surface area contributed by atoms with E-state index in [0.29, 0.717) is 12.5 Å². The van der Waals surface area contributed by atoms with Gasteiger partial charge in [0.05, 0.1) is 20.3 Å². The number of allylic oxidation sites excluding steroid dienone is 1. The molecule has 0 aliphatic carbocycles. The van der Waals surface area contributed by atoms with E-state index >= 15 is 0 Å². The van der Waals surface area contributed by atoms with Crippen LogP contribution in [0.3, 0.4) is 0 Å².